The van der Waals surface area contributed by atoms with Crippen LogP contribution in [0.5, 0.6) is 0 Å². The van der Waals surface area contributed by atoms with E-state index in [1.807, 2.05) is 25.7 Å². The van der Waals surface area contributed by atoms with Crippen LogP contribution >= 0.6 is 23.4 Å². The van der Waals surface area contributed by atoms with Gasteiger partial charge in [-0.25, -0.2) is 0 Å². The van der Waals surface area contributed by atoms with E-state index < -0.39 is 0 Å². The zero-order valence-electron chi connectivity index (χ0n) is 9.51. The summed E-state index contributed by atoms with van der Waals surface area (Å²) in [5, 5.41) is 4.19. The van der Waals surface area contributed by atoms with E-state index in [2.05, 4.69) is 29.8 Å². The fourth-order valence-corrected chi connectivity index (χ4v) is 2.20. The summed E-state index contributed by atoms with van der Waals surface area (Å²) in [5.41, 5.74) is 2.42. The van der Waals surface area contributed by atoms with E-state index >= 15 is 0 Å². The monoisotopic (exact) mass is 243 g/mol. The number of halogens is 1. The molecule has 1 nitrogen and oxygen atoms in total. The molecule has 0 aliphatic carbocycles. The second-order valence-electron chi connectivity index (χ2n) is 3.63. The maximum Gasteiger partial charge on any atom is 0.0438 e. The molecule has 0 fully saturated rings. The summed E-state index contributed by atoms with van der Waals surface area (Å²) in [7, 11) is 2.00. The molecule has 0 spiro atoms. The van der Waals surface area contributed by atoms with Gasteiger partial charge in [0.2, 0.25) is 0 Å². The molecule has 0 aromatic heterocycles. The number of nitrogens with one attached hydrogen (secondary N) is 1. The second-order valence-corrected chi connectivity index (χ2v) is 5.02. The van der Waals surface area contributed by atoms with Crippen molar-refractivity contribution in [1.82, 2.24) is 5.32 Å². The Hall–Kier alpha value is -0.180. The first kappa shape index (κ1) is 12.9. The minimum Gasteiger partial charge on any atom is -0.313 e. The normalized spacial score (nSPS) is 12.8. The third-order valence-electron chi connectivity index (χ3n) is 2.56. The van der Waals surface area contributed by atoms with Gasteiger partial charge in [-0.2, -0.15) is 11.8 Å². The molecule has 1 unspecified atom stereocenters. The lowest BCUT2D eigenvalue weighted by Crippen LogP contribution is -2.17. The van der Waals surface area contributed by atoms with Crippen LogP contribution in [-0.4, -0.2) is 19.1 Å². The Bertz CT molecular complexity index is 314. The van der Waals surface area contributed by atoms with E-state index in [9.17, 15) is 0 Å². The van der Waals surface area contributed by atoms with Crippen LogP contribution < -0.4 is 5.32 Å². The summed E-state index contributed by atoms with van der Waals surface area (Å²) < 4.78 is 0. The summed E-state index contributed by atoms with van der Waals surface area (Å²) in [6.07, 6.45) is 3.27. The predicted octanol–water partition coefficient (Wildman–Crippen LogP) is 3.66. The number of benzene rings is 1. The number of hydrogen-bond acceptors (Lipinski definition) is 2. The number of thioether (sulfide) groups is 1. The standard InChI is InChI=1S/C12H18ClNS/c1-9-4-5-10(8-11(9)13)12(14-2)6-7-15-3/h4-5,8,12,14H,6-7H2,1-3H3. The van der Waals surface area contributed by atoms with Crippen molar-refractivity contribution in [3.8, 4) is 0 Å². The first-order valence-corrected chi connectivity index (χ1v) is 6.88. The quantitative estimate of drug-likeness (QED) is 0.847. The molecule has 1 aromatic rings. The minimum absolute atomic E-state index is 0.413. The molecule has 0 heterocycles. The van der Waals surface area contributed by atoms with Crippen molar-refractivity contribution in [2.24, 2.45) is 0 Å². The molecule has 3 heteroatoms. The summed E-state index contributed by atoms with van der Waals surface area (Å²) in [5.74, 6) is 1.16. The van der Waals surface area contributed by atoms with E-state index in [4.69, 9.17) is 11.6 Å². The van der Waals surface area contributed by atoms with Gasteiger partial charge in [0, 0.05) is 11.1 Å². The van der Waals surface area contributed by atoms with E-state index in [0.29, 0.717) is 6.04 Å². The molecular weight excluding hydrogens is 226 g/mol. The van der Waals surface area contributed by atoms with E-state index in [1.54, 1.807) is 0 Å². The SMILES string of the molecule is CNC(CCSC)c1ccc(C)c(Cl)c1. The minimum atomic E-state index is 0.413. The molecule has 1 aromatic carbocycles. The largest absolute Gasteiger partial charge is 0.313 e. The molecule has 0 aliphatic heterocycles. The lowest BCUT2D eigenvalue weighted by Gasteiger charge is -2.16. The van der Waals surface area contributed by atoms with Gasteiger partial charge in [-0.1, -0.05) is 23.7 Å². The molecule has 0 radical (unpaired) electrons. The van der Waals surface area contributed by atoms with Gasteiger partial charge in [-0.15, -0.1) is 0 Å². The lowest BCUT2D eigenvalue weighted by atomic mass is 10.0. The van der Waals surface area contributed by atoms with Gasteiger partial charge < -0.3 is 5.32 Å². The van der Waals surface area contributed by atoms with Crippen molar-refractivity contribution in [1.29, 1.82) is 0 Å². The van der Waals surface area contributed by atoms with Gasteiger partial charge in [-0.05, 0) is 49.6 Å². The summed E-state index contributed by atoms with van der Waals surface area (Å²) in [6, 6.07) is 6.72. The van der Waals surface area contributed by atoms with Gasteiger partial charge in [0.1, 0.15) is 0 Å². The Kier molecular flexibility index (Phi) is 5.51. The zero-order valence-corrected chi connectivity index (χ0v) is 11.1. The van der Waals surface area contributed by atoms with Gasteiger partial charge in [0.15, 0.2) is 0 Å². The van der Waals surface area contributed by atoms with Crippen LogP contribution in [0.15, 0.2) is 18.2 Å². The van der Waals surface area contributed by atoms with Crippen molar-refractivity contribution in [3.63, 3.8) is 0 Å². The van der Waals surface area contributed by atoms with Crippen LogP contribution in [0.4, 0.5) is 0 Å². The lowest BCUT2D eigenvalue weighted by molar-refractivity contribution is 0.581. The van der Waals surface area contributed by atoms with Crippen molar-refractivity contribution < 1.29 is 0 Å². The smallest absolute Gasteiger partial charge is 0.0438 e. The van der Waals surface area contributed by atoms with Crippen LogP contribution in [0.1, 0.15) is 23.6 Å². The maximum atomic E-state index is 6.12. The fraction of sp³-hybridized carbons (Fsp3) is 0.500. The topological polar surface area (TPSA) is 12.0 Å². The highest BCUT2D eigenvalue weighted by molar-refractivity contribution is 7.98. The number of hydrogen-bond donors (Lipinski definition) is 1. The first-order chi connectivity index (χ1) is 7.19. The molecule has 1 atom stereocenters. The summed E-state index contributed by atoms with van der Waals surface area (Å²) in [6.45, 7) is 2.03. The molecule has 0 aliphatic rings. The average Bonchev–Trinajstić information content (AvgIpc) is 2.24. The van der Waals surface area contributed by atoms with E-state index in [-0.39, 0.29) is 0 Å². The molecule has 0 saturated carbocycles. The van der Waals surface area contributed by atoms with Crippen LogP contribution in [0.2, 0.25) is 5.02 Å². The molecule has 84 valence electrons. The Morgan fingerprint density at radius 2 is 2.20 bits per heavy atom. The zero-order chi connectivity index (χ0) is 11.3. The van der Waals surface area contributed by atoms with Gasteiger partial charge in [-0.3, -0.25) is 0 Å². The van der Waals surface area contributed by atoms with Crippen LogP contribution in [0.3, 0.4) is 0 Å². The van der Waals surface area contributed by atoms with Crippen LogP contribution in [0, 0.1) is 6.92 Å². The van der Waals surface area contributed by atoms with Crippen molar-refractivity contribution in [2.75, 3.05) is 19.1 Å². The first-order valence-electron chi connectivity index (χ1n) is 5.11. The van der Waals surface area contributed by atoms with Crippen molar-refractivity contribution in [2.45, 2.75) is 19.4 Å². The summed E-state index contributed by atoms with van der Waals surface area (Å²) in [4.78, 5) is 0. The molecule has 1 N–H and O–H groups in total. The summed E-state index contributed by atoms with van der Waals surface area (Å²) >= 11 is 7.99. The third-order valence-corrected chi connectivity index (χ3v) is 3.61. The van der Waals surface area contributed by atoms with E-state index in [1.165, 1.54) is 5.56 Å². The van der Waals surface area contributed by atoms with Crippen molar-refractivity contribution >= 4 is 23.4 Å². The number of rotatable bonds is 5. The van der Waals surface area contributed by atoms with Crippen LogP contribution in [-0.2, 0) is 0 Å². The molecule has 0 saturated heterocycles. The van der Waals surface area contributed by atoms with Gasteiger partial charge in [0.25, 0.3) is 0 Å². The average molecular weight is 244 g/mol. The fourth-order valence-electron chi connectivity index (χ4n) is 1.54. The van der Waals surface area contributed by atoms with Gasteiger partial charge >= 0.3 is 0 Å². The van der Waals surface area contributed by atoms with Crippen LogP contribution in [0.25, 0.3) is 0 Å². The second kappa shape index (κ2) is 6.41. The molecule has 0 bridgehead atoms. The highest BCUT2D eigenvalue weighted by Crippen LogP contribution is 2.23. The predicted molar refractivity (Wildman–Crippen MR) is 71.0 cm³/mol. The highest BCUT2D eigenvalue weighted by atomic mass is 35.5. The molecule has 15 heavy (non-hydrogen) atoms. The molecule has 1 rings (SSSR count). The third kappa shape index (κ3) is 3.71. The van der Waals surface area contributed by atoms with Gasteiger partial charge in [0.05, 0.1) is 0 Å². The number of aryl methyl sites for hydroxylation is 1. The highest BCUT2D eigenvalue weighted by Gasteiger charge is 2.09. The Balaban J connectivity index is 2.78. The molecular formula is C12H18ClNS. The Labute approximate surface area is 102 Å². The maximum absolute atomic E-state index is 6.12. The Morgan fingerprint density at radius 3 is 2.73 bits per heavy atom. The van der Waals surface area contributed by atoms with Crippen molar-refractivity contribution in [3.05, 3.63) is 34.3 Å². The Morgan fingerprint density at radius 1 is 1.47 bits per heavy atom. The van der Waals surface area contributed by atoms with E-state index in [0.717, 1.165) is 22.8 Å². The molecule has 0 amide bonds.